The first-order valence-electron chi connectivity index (χ1n) is 7.26. The number of benzene rings is 2. The van der Waals surface area contributed by atoms with E-state index < -0.39 is 11.9 Å². The van der Waals surface area contributed by atoms with E-state index in [0.717, 1.165) is 11.1 Å². The monoisotopic (exact) mass is 344 g/mol. The molecule has 0 saturated heterocycles. The van der Waals surface area contributed by atoms with Crippen molar-refractivity contribution < 1.29 is 9.59 Å². The van der Waals surface area contributed by atoms with E-state index in [9.17, 15) is 9.59 Å². The van der Waals surface area contributed by atoms with Gasteiger partial charge in [0.05, 0.1) is 6.21 Å². The summed E-state index contributed by atoms with van der Waals surface area (Å²) >= 11 is 5.77. The molecule has 0 unspecified atom stereocenters. The van der Waals surface area contributed by atoms with Gasteiger partial charge in [0.2, 0.25) is 0 Å². The van der Waals surface area contributed by atoms with E-state index in [1.54, 1.807) is 24.3 Å². The zero-order valence-corrected chi connectivity index (χ0v) is 13.6. The number of amides is 3. The number of halogens is 1. The maximum absolute atomic E-state index is 11.6. The van der Waals surface area contributed by atoms with E-state index in [-0.39, 0.29) is 6.54 Å². The fraction of sp³-hybridized carbons (Fsp3) is 0.118. The average molecular weight is 345 g/mol. The van der Waals surface area contributed by atoms with Crippen LogP contribution in [0.4, 0.5) is 4.79 Å². The molecule has 3 amide bonds. The minimum absolute atomic E-state index is 0.168. The van der Waals surface area contributed by atoms with Gasteiger partial charge in [-0.3, -0.25) is 4.79 Å². The first-order valence-corrected chi connectivity index (χ1v) is 7.64. The van der Waals surface area contributed by atoms with Gasteiger partial charge in [0.1, 0.15) is 6.54 Å². The number of nitrogens with one attached hydrogen (secondary N) is 3. The van der Waals surface area contributed by atoms with E-state index in [2.05, 4.69) is 21.2 Å². The number of urea groups is 1. The highest BCUT2D eigenvalue weighted by Gasteiger charge is 2.04. The van der Waals surface area contributed by atoms with Crippen LogP contribution in [0.3, 0.4) is 0 Å². The van der Waals surface area contributed by atoms with Crippen molar-refractivity contribution in [3.05, 3.63) is 70.7 Å². The highest BCUT2D eigenvalue weighted by Crippen LogP contribution is 2.07. The van der Waals surface area contributed by atoms with Crippen molar-refractivity contribution in [1.82, 2.24) is 16.1 Å². The molecule has 124 valence electrons. The van der Waals surface area contributed by atoms with Gasteiger partial charge in [-0.05, 0) is 23.3 Å². The molecule has 0 aliphatic rings. The normalized spacial score (nSPS) is 10.4. The van der Waals surface area contributed by atoms with Gasteiger partial charge < -0.3 is 10.6 Å². The van der Waals surface area contributed by atoms with Gasteiger partial charge in [0.25, 0.3) is 5.91 Å². The Balaban J connectivity index is 1.65. The van der Waals surface area contributed by atoms with Crippen LogP contribution in [-0.2, 0) is 11.3 Å². The van der Waals surface area contributed by atoms with Crippen molar-refractivity contribution in [2.75, 3.05) is 6.54 Å². The van der Waals surface area contributed by atoms with E-state index in [0.29, 0.717) is 11.6 Å². The maximum Gasteiger partial charge on any atom is 0.315 e. The summed E-state index contributed by atoms with van der Waals surface area (Å²) in [5.41, 5.74) is 4.11. The zero-order valence-electron chi connectivity index (χ0n) is 12.8. The van der Waals surface area contributed by atoms with Gasteiger partial charge in [0, 0.05) is 11.6 Å². The lowest BCUT2D eigenvalue weighted by atomic mass is 10.2. The molecule has 2 aromatic rings. The third kappa shape index (κ3) is 6.50. The van der Waals surface area contributed by atoms with Crippen LogP contribution in [0.1, 0.15) is 11.1 Å². The topological polar surface area (TPSA) is 82.6 Å². The SMILES string of the molecule is O=C(CNC(=O)NCc1ccccc1)N/N=C/c1ccc(Cl)cc1. The number of carbonyl (C=O) groups is 2. The molecule has 7 heteroatoms. The van der Waals surface area contributed by atoms with Crippen molar-refractivity contribution in [1.29, 1.82) is 0 Å². The Hall–Kier alpha value is -2.86. The number of hydrogen-bond acceptors (Lipinski definition) is 3. The van der Waals surface area contributed by atoms with E-state index in [1.807, 2.05) is 30.3 Å². The summed E-state index contributed by atoms with van der Waals surface area (Å²) in [6, 6.07) is 16.1. The van der Waals surface area contributed by atoms with Crippen molar-refractivity contribution >= 4 is 29.8 Å². The van der Waals surface area contributed by atoms with Gasteiger partial charge in [-0.15, -0.1) is 0 Å². The minimum Gasteiger partial charge on any atom is -0.334 e. The molecule has 0 fully saturated rings. The second-order valence-corrected chi connectivity index (χ2v) is 5.30. The summed E-state index contributed by atoms with van der Waals surface area (Å²) in [5.74, 6) is -0.421. The lowest BCUT2D eigenvalue weighted by Gasteiger charge is -2.06. The van der Waals surface area contributed by atoms with Crippen LogP contribution in [0.5, 0.6) is 0 Å². The number of carbonyl (C=O) groups excluding carboxylic acids is 2. The Labute approximate surface area is 144 Å². The predicted molar refractivity (Wildman–Crippen MR) is 93.9 cm³/mol. The van der Waals surface area contributed by atoms with Crippen LogP contribution < -0.4 is 16.1 Å². The van der Waals surface area contributed by atoms with E-state index >= 15 is 0 Å². The average Bonchev–Trinajstić information content (AvgIpc) is 2.61. The van der Waals surface area contributed by atoms with Gasteiger partial charge in [-0.1, -0.05) is 54.1 Å². The molecule has 0 radical (unpaired) electrons. The Kier molecular flexibility index (Phi) is 6.79. The fourth-order valence-electron chi connectivity index (χ4n) is 1.77. The van der Waals surface area contributed by atoms with Crippen LogP contribution in [0.25, 0.3) is 0 Å². The molecule has 0 heterocycles. The lowest BCUT2D eigenvalue weighted by molar-refractivity contribution is -0.120. The van der Waals surface area contributed by atoms with Crippen LogP contribution in [0, 0.1) is 0 Å². The van der Waals surface area contributed by atoms with Crippen molar-refractivity contribution in [3.63, 3.8) is 0 Å². The first kappa shape index (κ1) is 17.5. The molecule has 0 aromatic heterocycles. The van der Waals surface area contributed by atoms with E-state index in [1.165, 1.54) is 6.21 Å². The van der Waals surface area contributed by atoms with Crippen LogP contribution in [0.15, 0.2) is 59.7 Å². The molecule has 0 bridgehead atoms. The number of nitrogens with zero attached hydrogens (tertiary/aromatic N) is 1. The smallest absolute Gasteiger partial charge is 0.315 e. The molecular formula is C17H17ClN4O2. The lowest BCUT2D eigenvalue weighted by Crippen LogP contribution is -2.40. The van der Waals surface area contributed by atoms with Gasteiger partial charge in [-0.25, -0.2) is 10.2 Å². The van der Waals surface area contributed by atoms with Gasteiger partial charge >= 0.3 is 6.03 Å². The minimum atomic E-state index is -0.421. The Bertz CT molecular complexity index is 702. The maximum atomic E-state index is 11.6. The second-order valence-electron chi connectivity index (χ2n) is 4.87. The van der Waals surface area contributed by atoms with Crippen LogP contribution in [0.2, 0.25) is 5.02 Å². The Morgan fingerprint density at radius 1 is 1.00 bits per heavy atom. The summed E-state index contributed by atoms with van der Waals surface area (Å²) in [5, 5.41) is 9.55. The summed E-state index contributed by atoms with van der Waals surface area (Å²) in [7, 11) is 0. The molecule has 3 N–H and O–H groups in total. The highest BCUT2D eigenvalue weighted by molar-refractivity contribution is 6.30. The van der Waals surface area contributed by atoms with Gasteiger partial charge in [0.15, 0.2) is 0 Å². The molecule has 6 nitrogen and oxygen atoms in total. The number of hydrazone groups is 1. The largest absolute Gasteiger partial charge is 0.334 e. The quantitative estimate of drug-likeness (QED) is 0.555. The van der Waals surface area contributed by atoms with Crippen molar-refractivity contribution in [2.24, 2.45) is 5.10 Å². The molecule has 2 rings (SSSR count). The highest BCUT2D eigenvalue weighted by atomic mass is 35.5. The summed E-state index contributed by atoms with van der Waals surface area (Å²) in [4.78, 5) is 23.2. The molecule has 24 heavy (non-hydrogen) atoms. The molecule has 0 atom stereocenters. The summed E-state index contributed by atoms with van der Waals surface area (Å²) < 4.78 is 0. The zero-order chi connectivity index (χ0) is 17.2. The molecule has 0 aliphatic heterocycles. The van der Waals surface area contributed by atoms with Crippen LogP contribution >= 0.6 is 11.6 Å². The van der Waals surface area contributed by atoms with E-state index in [4.69, 9.17) is 11.6 Å². The second kappa shape index (κ2) is 9.32. The first-order chi connectivity index (χ1) is 11.6. The molecule has 0 spiro atoms. The summed E-state index contributed by atoms with van der Waals surface area (Å²) in [6.07, 6.45) is 1.49. The molecule has 2 aromatic carbocycles. The molecule has 0 saturated carbocycles. The predicted octanol–water partition coefficient (Wildman–Crippen LogP) is 2.29. The summed E-state index contributed by atoms with van der Waals surface area (Å²) in [6.45, 7) is 0.224. The Morgan fingerprint density at radius 3 is 2.42 bits per heavy atom. The van der Waals surface area contributed by atoms with Crippen LogP contribution in [-0.4, -0.2) is 24.7 Å². The fourth-order valence-corrected chi connectivity index (χ4v) is 1.89. The number of hydrogen-bond donors (Lipinski definition) is 3. The Morgan fingerprint density at radius 2 is 1.71 bits per heavy atom. The molecular weight excluding hydrogens is 328 g/mol. The standard InChI is InChI=1S/C17H17ClN4O2/c18-15-8-6-14(7-9-15)11-21-22-16(23)12-20-17(24)19-10-13-4-2-1-3-5-13/h1-9,11H,10,12H2,(H,22,23)(H2,19,20,24)/b21-11+. The number of rotatable bonds is 6. The van der Waals surface area contributed by atoms with Gasteiger partial charge in [-0.2, -0.15) is 5.10 Å². The third-order valence-electron chi connectivity index (χ3n) is 2.98. The molecule has 0 aliphatic carbocycles. The third-order valence-corrected chi connectivity index (χ3v) is 3.23. The van der Waals surface area contributed by atoms with Crippen molar-refractivity contribution in [2.45, 2.75) is 6.54 Å². The van der Waals surface area contributed by atoms with Crippen molar-refractivity contribution in [3.8, 4) is 0 Å².